The maximum Gasteiger partial charge on any atom is 0.167 e. The standard InChI is InChI=1S/C15H28O2/c1-5-12-9-8-10-13(11-12)14(16)15(4,6-2)17-7-3/h12-13H,5-11H2,1-4H3. The van der Waals surface area contributed by atoms with Crippen molar-refractivity contribution < 1.29 is 9.53 Å². The minimum Gasteiger partial charge on any atom is -0.368 e. The molecule has 0 aliphatic heterocycles. The average Bonchev–Trinajstić information content (AvgIpc) is 2.38. The van der Waals surface area contributed by atoms with Crippen molar-refractivity contribution in [2.24, 2.45) is 11.8 Å². The second-order valence-electron chi connectivity index (χ2n) is 5.52. The number of hydrogen-bond donors (Lipinski definition) is 0. The third-order valence-corrected chi connectivity index (χ3v) is 4.39. The van der Waals surface area contributed by atoms with Gasteiger partial charge in [0.1, 0.15) is 5.60 Å². The van der Waals surface area contributed by atoms with Gasteiger partial charge in [-0.3, -0.25) is 4.79 Å². The van der Waals surface area contributed by atoms with Crippen molar-refractivity contribution in [3.8, 4) is 0 Å². The van der Waals surface area contributed by atoms with Crippen LogP contribution in [-0.2, 0) is 9.53 Å². The van der Waals surface area contributed by atoms with E-state index in [1.165, 1.54) is 19.3 Å². The molecule has 17 heavy (non-hydrogen) atoms. The van der Waals surface area contributed by atoms with Crippen LogP contribution in [0.15, 0.2) is 0 Å². The third kappa shape index (κ3) is 3.54. The Morgan fingerprint density at radius 2 is 2.00 bits per heavy atom. The Bertz CT molecular complexity index is 249. The second-order valence-corrected chi connectivity index (χ2v) is 5.52. The molecule has 0 N–H and O–H groups in total. The van der Waals surface area contributed by atoms with E-state index in [-0.39, 0.29) is 5.92 Å². The summed E-state index contributed by atoms with van der Waals surface area (Å²) in [4.78, 5) is 12.6. The Balaban J connectivity index is 2.67. The zero-order chi connectivity index (χ0) is 12.9. The van der Waals surface area contributed by atoms with Gasteiger partial charge in [0.2, 0.25) is 0 Å². The van der Waals surface area contributed by atoms with Crippen molar-refractivity contribution >= 4 is 5.78 Å². The molecule has 0 spiro atoms. The molecular formula is C15H28O2. The molecule has 1 fully saturated rings. The Labute approximate surface area is 106 Å². The fourth-order valence-corrected chi connectivity index (χ4v) is 3.00. The molecule has 1 aliphatic rings. The lowest BCUT2D eigenvalue weighted by molar-refractivity contribution is -0.148. The minimum atomic E-state index is -0.547. The minimum absolute atomic E-state index is 0.241. The van der Waals surface area contributed by atoms with E-state index >= 15 is 0 Å². The van der Waals surface area contributed by atoms with Crippen LogP contribution < -0.4 is 0 Å². The normalized spacial score (nSPS) is 28.7. The molecule has 0 heterocycles. The molecule has 0 aromatic heterocycles. The summed E-state index contributed by atoms with van der Waals surface area (Å²) in [5, 5.41) is 0. The van der Waals surface area contributed by atoms with Gasteiger partial charge < -0.3 is 4.74 Å². The molecule has 0 radical (unpaired) electrons. The Morgan fingerprint density at radius 3 is 2.53 bits per heavy atom. The third-order valence-electron chi connectivity index (χ3n) is 4.39. The summed E-state index contributed by atoms with van der Waals surface area (Å²) in [6.45, 7) is 8.85. The predicted octanol–water partition coefficient (Wildman–Crippen LogP) is 3.98. The molecule has 0 aromatic rings. The van der Waals surface area contributed by atoms with Gasteiger partial charge >= 0.3 is 0 Å². The first-order chi connectivity index (χ1) is 8.07. The summed E-state index contributed by atoms with van der Waals surface area (Å²) in [6.07, 6.45) is 6.66. The molecule has 0 amide bonds. The highest BCUT2D eigenvalue weighted by Crippen LogP contribution is 2.35. The first-order valence-electron chi connectivity index (χ1n) is 7.25. The molecule has 3 atom stereocenters. The van der Waals surface area contributed by atoms with Crippen molar-refractivity contribution in [1.82, 2.24) is 0 Å². The SMILES string of the molecule is CCOC(C)(CC)C(=O)C1CCCC(CC)C1. The van der Waals surface area contributed by atoms with Crippen LogP contribution in [0.25, 0.3) is 0 Å². The Hall–Kier alpha value is -0.370. The summed E-state index contributed by atoms with van der Waals surface area (Å²) >= 11 is 0. The number of hydrogen-bond acceptors (Lipinski definition) is 2. The molecule has 2 nitrogen and oxygen atoms in total. The molecule has 2 heteroatoms. The molecule has 3 unspecified atom stereocenters. The molecule has 0 saturated heterocycles. The maximum absolute atomic E-state index is 12.6. The lowest BCUT2D eigenvalue weighted by Crippen LogP contribution is -2.43. The lowest BCUT2D eigenvalue weighted by Gasteiger charge is -2.34. The number of ketones is 1. The van der Waals surface area contributed by atoms with E-state index < -0.39 is 5.60 Å². The van der Waals surface area contributed by atoms with Crippen LogP contribution in [0.2, 0.25) is 0 Å². The molecule has 1 aliphatic carbocycles. The largest absolute Gasteiger partial charge is 0.368 e. The highest BCUT2D eigenvalue weighted by atomic mass is 16.5. The number of rotatable bonds is 6. The number of carbonyl (C=O) groups is 1. The van der Waals surface area contributed by atoms with Crippen LogP contribution in [0.4, 0.5) is 0 Å². The first kappa shape index (κ1) is 14.7. The van der Waals surface area contributed by atoms with Crippen molar-refractivity contribution in [3.63, 3.8) is 0 Å². The van der Waals surface area contributed by atoms with E-state index in [1.54, 1.807) is 0 Å². The lowest BCUT2D eigenvalue weighted by atomic mass is 9.74. The zero-order valence-corrected chi connectivity index (χ0v) is 11.9. The van der Waals surface area contributed by atoms with Crippen molar-refractivity contribution in [2.75, 3.05) is 6.61 Å². The smallest absolute Gasteiger partial charge is 0.167 e. The molecule has 0 bridgehead atoms. The fourth-order valence-electron chi connectivity index (χ4n) is 3.00. The predicted molar refractivity (Wildman–Crippen MR) is 71.1 cm³/mol. The van der Waals surface area contributed by atoms with Gasteiger partial charge in [-0.15, -0.1) is 0 Å². The van der Waals surface area contributed by atoms with E-state index in [2.05, 4.69) is 6.92 Å². The number of Topliss-reactive ketones (excluding diaryl/α,β-unsaturated/α-hetero) is 1. The van der Waals surface area contributed by atoms with Crippen molar-refractivity contribution in [2.45, 2.75) is 71.8 Å². The van der Waals surface area contributed by atoms with E-state index in [0.29, 0.717) is 12.4 Å². The Kier molecular flexibility index (Phi) is 5.64. The molecular weight excluding hydrogens is 212 g/mol. The van der Waals surface area contributed by atoms with Crippen LogP contribution >= 0.6 is 0 Å². The van der Waals surface area contributed by atoms with Crippen molar-refractivity contribution in [1.29, 1.82) is 0 Å². The quantitative estimate of drug-likeness (QED) is 0.702. The van der Waals surface area contributed by atoms with Crippen molar-refractivity contribution in [3.05, 3.63) is 0 Å². The summed E-state index contributed by atoms with van der Waals surface area (Å²) in [5.41, 5.74) is -0.547. The molecule has 1 saturated carbocycles. The van der Waals surface area contributed by atoms with E-state index in [9.17, 15) is 4.79 Å². The zero-order valence-electron chi connectivity index (χ0n) is 11.9. The van der Waals surface area contributed by atoms with Gasteiger partial charge in [0, 0.05) is 12.5 Å². The molecule has 0 aromatic carbocycles. The van der Waals surface area contributed by atoms with Gasteiger partial charge in [-0.05, 0) is 39.0 Å². The summed E-state index contributed by atoms with van der Waals surface area (Å²) < 4.78 is 5.71. The van der Waals surface area contributed by atoms with Crippen LogP contribution in [0.5, 0.6) is 0 Å². The average molecular weight is 240 g/mol. The van der Waals surface area contributed by atoms with E-state index in [0.717, 1.165) is 25.2 Å². The van der Waals surface area contributed by atoms with Gasteiger partial charge in [0.05, 0.1) is 0 Å². The molecule has 100 valence electrons. The Morgan fingerprint density at radius 1 is 1.29 bits per heavy atom. The van der Waals surface area contributed by atoms with Gasteiger partial charge in [0.25, 0.3) is 0 Å². The fraction of sp³-hybridized carbons (Fsp3) is 0.933. The first-order valence-corrected chi connectivity index (χ1v) is 7.25. The number of ether oxygens (including phenoxy) is 1. The summed E-state index contributed by atoms with van der Waals surface area (Å²) in [7, 11) is 0. The van der Waals surface area contributed by atoms with Gasteiger partial charge in [-0.2, -0.15) is 0 Å². The molecule has 1 rings (SSSR count). The van der Waals surface area contributed by atoms with Crippen LogP contribution in [0.1, 0.15) is 66.2 Å². The van der Waals surface area contributed by atoms with Gasteiger partial charge in [0.15, 0.2) is 5.78 Å². The van der Waals surface area contributed by atoms with Crippen LogP contribution in [0, 0.1) is 11.8 Å². The van der Waals surface area contributed by atoms with Gasteiger partial charge in [-0.25, -0.2) is 0 Å². The number of carbonyl (C=O) groups excluding carboxylic acids is 1. The van der Waals surface area contributed by atoms with Gasteiger partial charge in [-0.1, -0.05) is 33.1 Å². The van der Waals surface area contributed by atoms with E-state index in [4.69, 9.17) is 4.74 Å². The topological polar surface area (TPSA) is 26.3 Å². The highest BCUT2D eigenvalue weighted by Gasteiger charge is 2.38. The second kappa shape index (κ2) is 6.53. The summed E-state index contributed by atoms with van der Waals surface area (Å²) in [5.74, 6) is 1.34. The van der Waals surface area contributed by atoms with Crippen LogP contribution in [0.3, 0.4) is 0 Å². The van der Waals surface area contributed by atoms with E-state index in [1.807, 2.05) is 20.8 Å². The maximum atomic E-state index is 12.6. The monoisotopic (exact) mass is 240 g/mol. The summed E-state index contributed by atoms with van der Waals surface area (Å²) in [6, 6.07) is 0. The highest BCUT2D eigenvalue weighted by molar-refractivity contribution is 5.89. The van der Waals surface area contributed by atoms with Crippen LogP contribution in [-0.4, -0.2) is 18.0 Å².